The minimum absolute atomic E-state index is 0.0244. The first-order valence-corrected chi connectivity index (χ1v) is 12.6. The molecule has 4 unspecified atom stereocenters. The van der Waals surface area contributed by atoms with Crippen molar-refractivity contribution in [2.45, 2.75) is 72.8 Å². The standard InChI is InChI=1S/C21H39N3O3S/c1-16-8-6-7-9-18(16)23-10-12-24(13-11-23)28(26,27)15-21(5)19(22-25)14-17(2)20(21,3)4/h16-18,25H,6-15H2,1-5H3/b22-19+. The van der Waals surface area contributed by atoms with Crippen LogP contribution in [0.4, 0.5) is 0 Å². The van der Waals surface area contributed by atoms with E-state index < -0.39 is 15.4 Å². The van der Waals surface area contributed by atoms with E-state index in [4.69, 9.17) is 0 Å². The van der Waals surface area contributed by atoms with Gasteiger partial charge < -0.3 is 5.21 Å². The average molecular weight is 414 g/mol. The van der Waals surface area contributed by atoms with Crippen LogP contribution >= 0.6 is 0 Å². The monoisotopic (exact) mass is 413 g/mol. The molecule has 0 amide bonds. The third-order valence-corrected chi connectivity index (χ3v) is 10.7. The first-order chi connectivity index (χ1) is 13.0. The summed E-state index contributed by atoms with van der Waals surface area (Å²) < 4.78 is 28.3. The Balaban J connectivity index is 1.69. The molecule has 0 aromatic carbocycles. The largest absolute Gasteiger partial charge is 0.411 e. The molecule has 2 saturated carbocycles. The van der Waals surface area contributed by atoms with Gasteiger partial charge in [0.05, 0.1) is 11.5 Å². The number of hydrogen-bond donors (Lipinski definition) is 1. The van der Waals surface area contributed by atoms with Gasteiger partial charge in [0.25, 0.3) is 0 Å². The molecule has 0 spiro atoms. The van der Waals surface area contributed by atoms with Crippen LogP contribution in [0.25, 0.3) is 0 Å². The summed E-state index contributed by atoms with van der Waals surface area (Å²) in [6, 6.07) is 0.610. The fraction of sp³-hybridized carbons (Fsp3) is 0.952. The Hall–Kier alpha value is -0.660. The third kappa shape index (κ3) is 3.74. The third-order valence-electron chi connectivity index (χ3n) is 8.58. The zero-order valence-electron chi connectivity index (χ0n) is 18.3. The number of piperazine rings is 1. The van der Waals surface area contributed by atoms with Crippen molar-refractivity contribution in [2.24, 2.45) is 27.8 Å². The highest BCUT2D eigenvalue weighted by molar-refractivity contribution is 7.89. The van der Waals surface area contributed by atoms with Crippen LogP contribution in [0.15, 0.2) is 5.16 Å². The van der Waals surface area contributed by atoms with Gasteiger partial charge in [-0.15, -0.1) is 0 Å². The van der Waals surface area contributed by atoms with E-state index in [2.05, 4.69) is 37.8 Å². The molecule has 3 fully saturated rings. The maximum atomic E-state index is 13.3. The van der Waals surface area contributed by atoms with Crippen LogP contribution in [-0.2, 0) is 10.0 Å². The molecule has 2 aliphatic carbocycles. The second-order valence-electron chi connectivity index (χ2n) is 10.2. The summed E-state index contributed by atoms with van der Waals surface area (Å²) in [5.74, 6) is 1.01. The predicted octanol–water partition coefficient (Wildman–Crippen LogP) is 3.42. The molecule has 6 nitrogen and oxygen atoms in total. The average Bonchev–Trinajstić information content (AvgIpc) is 2.81. The summed E-state index contributed by atoms with van der Waals surface area (Å²) in [6.07, 6.45) is 5.81. The molecule has 3 aliphatic rings. The molecule has 1 N–H and O–H groups in total. The van der Waals surface area contributed by atoms with Crippen LogP contribution in [0.2, 0.25) is 0 Å². The van der Waals surface area contributed by atoms with Crippen LogP contribution < -0.4 is 0 Å². The molecule has 0 aromatic heterocycles. The van der Waals surface area contributed by atoms with Crippen molar-refractivity contribution in [1.29, 1.82) is 0 Å². The lowest BCUT2D eigenvalue weighted by molar-refractivity contribution is 0.0777. The van der Waals surface area contributed by atoms with Gasteiger partial charge in [0.1, 0.15) is 0 Å². The molecular weight excluding hydrogens is 374 g/mol. The van der Waals surface area contributed by atoms with Crippen molar-refractivity contribution in [3.05, 3.63) is 0 Å². The van der Waals surface area contributed by atoms with E-state index in [0.29, 0.717) is 37.2 Å². The fourth-order valence-corrected chi connectivity index (χ4v) is 7.89. The van der Waals surface area contributed by atoms with Crippen LogP contribution in [0.3, 0.4) is 0 Å². The highest BCUT2D eigenvalue weighted by Gasteiger charge is 2.56. The summed E-state index contributed by atoms with van der Waals surface area (Å²) in [6.45, 7) is 13.4. The molecular formula is C21H39N3O3S. The number of nitrogens with zero attached hydrogens (tertiary/aromatic N) is 3. The lowest BCUT2D eigenvalue weighted by Crippen LogP contribution is -2.55. The summed E-state index contributed by atoms with van der Waals surface area (Å²) in [5, 5.41) is 13.1. The van der Waals surface area contributed by atoms with Crippen molar-refractivity contribution < 1.29 is 13.6 Å². The normalized spacial score (nSPS) is 39.5. The van der Waals surface area contributed by atoms with Crippen LogP contribution in [0.1, 0.15) is 66.7 Å². The SMILES string of the molecule is CC1CCCCC1N1CCN(S(=O)(=O)CC2(C)/C(=N/O)CC(C)C2(C)C)CC1. The van der Waals surface area contributed by atoms with Crippen molar-refractivity contribution in [3.63, 3.8) is 0 Å². The molecule has 4 atom stereocenters. The molecule has 28 heavy (non-hydrogen) atoms. The first kappa shape index (κ1) is 22.0. The van der Waals surface area contributed by atoms with E-state index in [-0.39, 0.29) is 17.1 Å². The number of sulfonamides is 1. The summed E-state index contributed by atoms with van der Waals surface area (Å²) in [5.41, 5.74) is -0.251. The zero-order chi connectivity index (χ0) is 20.7. The number of rotatable bonds is 4. The maximum absolute atomic E-state index is 13.3. The minimum Gasteiger partial charge on any atom is -0.411 e. The lowest BCUT2D eigenvalue weighted by atomic mass is 9.67. The second-order valence-corrected chi connectivity index (χ2v) is 12.2. The van der Waals surface area contributed by atoms with Gasteiger partial charge in [0, 0.05) is 37.6 Å². The van der Waals surface area contributed by atoms with Crippen LogP contribution in [0, 0.1) is 22.7 Å². The molecule has 1 saturated heterocycles. The smallest absolute Gasteiger partial charge is 0.215 e. The molecule has 162 valence electrons. The lowest BCUT2D eigenvalue weighted by Gasteiger charge is -2.44. The van der Waals surface area contributed by atoms with Crippen molar-refractivity contribution >= 4 is 15.7 Å². The zero-order valence-corrected chi connectivity index (χ0v) is 19.1. The van der Waals surface area contributed by atoms with Gasteiger partial charge in [-0.25, -0.2) is 8.42 Å². The Labute approximate surface area is 171 Å². The van der Waals surface area contributed by atoms with Gasteiger partial charge in [-0.1, -0.05) is 52.6 Å². The van der Waals surface area contributed by atoms with Gasteiger partial charge in [-0.3, -0.25) is 4.90 Å². The predicted molar refractivity (Wildman–Crippen MR) is 113 cm³/mol. The Bertz CT molecular complexity index is 698. The van der Waals surface area contributed by atoms with Crippen molar-refractivity contribution in [1.82, 2.24) is 9.21 Å². The number of oxime groups is 1. The van der Waals surface area contributed by atoms with Gasteiger partial charge in [0.2, 0.25) is 10.0 Å². The molecule has 1 aliphatic heterocycles. The summed E-state index contributed by atoms with van der Waals surface area (Å²) in [4.78, 5) is 2.51. The topological polar surface area (TPSA) is 73.2 Å². The number of hydrogen-bond acceptors (Lipinski definition) is 5. The summed E-state index contributed by atoms with van der Waals surface area (Å²) in [7, 11) is -3.42. The Morgan fingerprint density at radius 3 is 2.25 bits per heavy atom. The second kappa shape index (κ2) is 7.88. The van der Waals surface area contributed by atoms with Gasteiger partial charge >= 0.3 is 0 Å². The Kier molecular flexibility index (Phi) is 6.20. The highest BCUT2D eigenvalue weighted by atomic mass is 32.2. The summed E-state index contributed by atoms with van der Waals surface area (Å²) >= 11 is 0. The van der Waals surface area contributed by atoms with E-state index in [1.807, 2.05) is 6.92 Å². The van der Waals surface area contributed by atoms with Crippen molar-refractivity contribution in [2.75, 3.05) is 31.9 Å². The van der Waals surface area contributed by atoms with E-state index in [1.165, 1.54) is 25.7 Å². The van der Waals surface area contributed by atoms with E-state index in [0.717, 1.165) is 13.1 Å². The Morgan fingerprint density at radius 2 is 1.68 bits per heavy atom. The molecule has 7 heteroatoms. The van der Waals surface area contributed by atoms with Crippen LogP contribution in [0.5, 0.6) is 0 Å². The van der Waals surface area contributed by atoms with Gasteiger partial charge in [-0.05, 0) is 36.5 Å². The van der Waals surface area contributed by atoms with Crippen LogP contribution in [-0.4, -0.2) is 66.5 Å². The fourth-order valence-electron chi connectivity index (χ4n) is 5.72. The van der Waals surface area contributed by atoms with Crippen molar-refractivity contribution in [3.8, 4) is 0 Å². The van der Waals surface area contributed by atoms with Gasteiger partial charge in [0.15, 0.2) is 0 Å². The molecule has 0 radical (unpaired) electrons. The highest BCUT2D eigenvalue weighted by Crippen LogP contribution is 2.54. The van der Waals surface area contributed by atoms with E-state index >= 15 is 0 Å². The van der Waals surface area contributed by atoms with E-state index in [1.54, 1.807) is 4.31 Å². The quantitative estimate of drug-likeness (QED) is 0.566. The minimum atomic E-state index is -3.42. The molecule has 0 aromatic rings. The maximum Gasteiger partial charge on any atom is 0.215 e. The molecule has 0 bridgehead atoms. The van der Waals surface area contributed by atoms with Gasteiger partial charge in [-0.2, -0.15) is 4.31 Å². The van der Waals surface area contributed by atoms with E-state index in [9.17, 15) is 13.6 Å². The molecule has 3 rings (SSSR count). The first-order valence-electron chi connectivity index (χ1n) is 11.0. The Morgan fingerprint density at radius 1 is 1.07 bits per heavy atom. The molecule has 1 heterocycles.